The average molecular weight is 391 g/mol. The number of hydrogen-bond acceptors (Lipinski definition) is 4. The third kappa shape index (κ3) is 7.38. The highest BCUT2D eigenvalue weighted by atomic mass is 28.3. The number of rotatable bonds is 10. The average Bonchev–Trinajstić information content (AvgIpc) is 2.64. The third-order valence-corrected chi connectivity index (χ3v) is 6.45. The molecule has 2 amide bonds. The van der Waals surface area contributed by atoms with Crippen molar-refractivity contribution in [1.82, 2.24) is 10.6 Å². The quantitative estimate of drug-likeness (QED) is 0.365. The first kappa shape index (κ1) is 22.6. The van der Waals surface area contributed by atoms with Crippen LogP contribution in [0, 0.1) is 5.92 Å². The molecule has 148 valence electrons. The molecule has 6 nitrogen and oxygen atoms in total. The minimum Gasteiger partial charge on any atom is -0.445 e. The molecule has 1 aromatic carbocycles. The molecule has 0 fully saturated rings. The summed E-state index contributed by atoms with van der Waals surface area (Å²) in [6.07, 6.45) is 1.80. The van der Waals surface area contributed by atoms with Gasteiger partial charge in [-0.1, -0.05) is 63.3 Å². The zero-order chi connectivity index (χ0) is 20.4. The molecule has 3 atom stereocenters. The number of aldehydes is 1. The number of hydrogen-bond donors (Lipinski definition) is 2. The van der Waals surface area contributed by atoms with Crippen LogP contribution in [0.5, 0.6) is 0 Å². The first-order chi connectivity index (χ1) is 12.8. The van der Waals surface area contributed by atoms with E-state index in [-0.39, 0.29) is 24.0 Å². The summed E-state index contributed by atoms with van der Waals surface area (Å²) in [6.45, 7) is 11.6. The van der Waals surface area contributed by atoms with Crippen molar-refractivity contribution in [3.8, 4) is 0 Å². The van der Waals surface area contributed by atoms with Gasteiger partial charge in [0.25, 0.3) is 0 Å². The van der Waals surface area contributed by atoms with Crippen LogP contribution in [0.15, 0.2) is 43.0 Å². The molecule has 0 spiro atoms. The van der Waals surface area contributed by atoms with Gasteiger partial charge in [0.05, 0.1) is 6.04 Å². The van der Waals surface area contributed by atoms with E-state index in [0.29, 0.717) is 0 Å². The lowest BCUT2D eigenvalue weighted by atomic mass is 10.0. The summed E-state index contributed by atoms with van der Waals surface area (Å²) in [7, 11) is -1.32. The van der Waals surface area contributed by atoms with Crippen molar-refractivity contribution in [2.45, 2.75) is 51.2 Å². The van der Waals surface area contributed by atoms with Crippen LogP contribution in [0.2, 0.25) is 18.6 Å². The molecule has 0 saturated heterocycles. The van der Waals surface area contributed by atoms with Crippen molar-refractivity contribution in [3.63, 3.8) is 0 Å². The topological polar surface area (TPSA) is 84.5 Å². The number of ether oxygens (including phenoxy) is 1. The minimum atomic E-state index is -1.32. The second kappa shape index (κ2) is 11.3. The molecular formula is C20H30N2O4Si. The maximum absolute atomic E-state index is 12.7. The Morgan fingerprint density at radius 1 is 1.19 bits per heavy atom. The van der Waals surface area contributed by atoms with E-state index < -0.39 is 27.0 Å². The van der Waals surface area contributed by atoms with Crippen LogP contribution < -0.4 is 10.6 Å². The summed E-state index contributed by atoms with van der Waals surface area (Å²) in [6, 6.07) is 8.09. The van der Waals surface area contributed by atoms with E-state index in [1.807, 2.05) is 57.3 Å². The van der Waals surface area contributed by atoms with Crippen molar-refractivity contribution in [2.75, 3.05) is 0 Å². The van der Waals surface area contributed by atoms with Crippen LogP contribution in [0.4, 0.5) is 4.79 Å². The second-order valence-corrected chi connectivity index (χ2v) is 10.4. The normalized spacial score (nSPS) is 14.1. The van der Waals surface area contributed by atoms with Crippen LogP contribution in [-0.4, -0.2) is 39.2 Å². The van der Waals surface area contributed by atoms with E-state index in [9.17, 15) is 14.4 Å². The maximum Gasteiger partial charge on any atom is 0.408 e. The molecule has 2 unspecified atom stereocenters. The summed E-state index contributed by atoms with van der Waals surface area (Å²) in [5.74, 6) is -0.501. The smallest absolute Gasteiger partial charge is 0.408 e. The highest BCUT2D eigenvalue weighted by Crippen LogP contribution is 2.15. The van der Waals surface area contributed by atoms with Crippen LogP contribution in [0.25, 0.3) is 0 Å². The second-order valence-electron chi connectivity index (χ2n) is 7.16. The number of carbonyl (C=O) groups is 3. The monoisotopic (exact) mass is 390 g/mol. The molecular weight excluding hydrogens is 360 g/mol. The Kier molecular flexibility index (Phi) is 9.50. The van der Waals surface area contributed by atoms with E-state index in [2.05, 4.69) is 17.2 Å². The van der Waals surface area contributed by atoms with E-state index in [0.717, 1.165) is 11.8 Å². The fraction of sp³-hybridized carbons (Fsp3) is 0.450. The lowest BCUT2D eigenvalue weighted by Gasteiger charge is -2.27. The molecule has 1 rings (SSSR count). The SMILES string of the molecule is C=CC(NC(=O)[C@@H](NC(=O)OCc1ccccc1)C(C)C)C(C=O)[SiH](C)C. The number of amides is 2. The van der Waals surface area contributed by atoms with E-state index in [1.54, 1.807) is 6.08 Å². The Balaban J connectivity index is 2.70. The Labute approximate surface area is 163 Å². The number of carbonyl (C=O) groups excluding carboxylic acids is 3. The van der Waals surface area contributed by atoms with Gasteiger partial charge in [-0.25, -0.2) is 4.79 Å². The summed E-state index contributed by atoms with van der Waals surface area (Å²) < 4.78 is 5.20. The minimum absolute atomic E-state index is 0.126. The van der Waals surface area contributed by atoms with Crippen molar-refractivity contribution in [3.05, 3.63) is 48.6 Å². The Hall–Kier alpha value is -2.41. The van der Waals surface area contributed by atoms with Gasteiger partial charge in [-0.15, -0.1) is 6.58 Å². The number of nitrogens with one attached hydrogen (secondary N) is 2. The summed E-state index contributed by atoms with van der Waals surface area (Å²) in [5.41, 5.74) is 0.616. The fourth-order valence-corrected chi connectivity index (χ4v) is 4.05. The van der Waals surface area contributed by atoms with Crippen LogP contribution >= 0.6 is 0 Å². The molecule has 0 radical (unpaired) electrons. The van der Waals surface area contributed by atoms with Gasteiger partial charge in [0.15, 0.2) is 0 Å². The van der Waals surface area contributed by atoms with Gasteiger partial charge in [0, 0.05) is 14.3 Å². The predicted octanol–water partition coefficient (Wildman–Crippen LogP) is 2.66. The van der Waals surface area contributed by atoms with Crippen LogP contribution in [0.1, 0.15) is 19.4 Å². The van der Waals surface area contributed by atoms with Crippen molar-refractivity contribution >= 4 is 27.1 Å². The van der Waals surface area contributed by atoms with E-state index in [4.69, 9.17) is 4.74 Å². The van der Waals surface area contributed by atoms with Crippen molar-refractivity contribution < 1.29 is 19.1 Å². The first-order valence-corrected chi connectivity index (χ1v) is 12.1. The summed E-state index contributed by atoms with van der Waals surface area (Å²) in [4.78, 5) is 36.2. The lowest BCUT2D eigenvalue weighted by molar-refractivity contribution is -0.124. The van der Waals surface area contributed by atoms with Crippen LogP contribution in [-0.2, 0) is 20.9 Å². The summed E-state index contributed by atoms with van der Waals surface area (Å²) in [5, 5.41) is 5.45. The standard InChI is InChI=1S/C20H30N2O4Si/c1-6-16(17(12-23)27(4)5)21-19(24)18(14(2)3)22-20(25)26-13-15-10-8-7-9-11-15/h6-12,14,16-18,27H,1,13H2,2-5H3,(H,21,24)(H,22,25)/t16?,17?,18-/m0/s1. The van der Waals surface area contributed by atoms with Crippen molar-refractivity contribution in [1.29, 1.82) is 0 Å². The van der Waals surface area contributed by atoms with Gasteiger partial charge in [-0.05, 0) is 11.5 Å². The molecule has 27 heavy (non-hydrogen) atoms. The van der Waals surface area contributed by atoms with Gasteiger partial charge in [0.2, 0.25) is 5.91 Å². The highest BCUT2D eigenvalue weighted by Gasteiger charge is 2.29. The number of benzene rings is 1. The van der Waals surface area contributed by atoms with Gasteiger partial charge < -0.3 is 20.2 Å². The Morgan fingerprint density at radius 3 is 2.30 bits per heavy atom. The molecule has 0 aliphatic rings. The zero-order valence-corrected chi connectivity index (χ0v) is 17.6. The molecule has 1 aromatic rings. The predicted molar refractivity (Wildman–Crippen MR) is 109 cm³/mol. The van der Waals surface area contributed by atoms with Crippen LogP contribution in [0.3, 0.4) is 0 Å². The van der Waals surface area contributed by atoms with Gasteiger partial charge in [-0.3, -0.25) is 4.79 Å². The number of alkyl carbamates (subject to hydrolysis) is 1. The molecule has 7 heteroatoms. The Morgan fingerprint density at radius 2 is 1.81 bits per heavy atom. The molecule has 0 aromatic heterocycles. The maximum atomic E-state index is 12.7. The third-order valence-electron chi connectivity index (χ3n) is 4.34. The highest BCUT2D eigenvalue weighted by molar-refractivity contribution is 6.61. The molecule has 0 aliphatic heterocycles. The van der Waals surface area contributed by atoms with Gasteiger partial charge in [-0.2, -0.15) is 0 Å². The van der Waals surface area contributed by atoms with E-state index in [1.165, 1.54) is 0 Å². The molecule has 2 N–H and O–H groups in total. The zero-order valence-electron chi connectivity index (χ0n) is 16.5. The largest absolute Gasteiger partial charge is 0.445 e. The molecule has 0 saturated carbocycles. The van der Waals surface area contributed by atoms with Gasteiger partial charge >= 0.3 is 6.09 Å². The van der Waals surface area contributed by atoms with Crippen molar-refractivity contribution in [2.24, 2.45) is 5.92 Å². The Bertz CT molecular complexity index is 634. The summed E-state index contributed by atoms with van der Waals surface area (Å²) >= 11 is 0. The lowest BCUT2D eigenvalue weighted by Crippen LogP contribution is -2.53. The molecule has 0 bridgehead atoms. The fourth-order valence-electron chi connectivity index (χ4n) is 2.65. The van der Waals surface area contributed by atoms with E-state index >= 15 is 0 Å². The molecule has 0 heterocycles. The molecule has 0 aliphatic carbocycles. The first-order valence-electron chi connectivity index (χ1n) is 9.15. The van der Waals surface area contributed by atoms with Gasteiger partial charge in [0.1, 0.15) is 18.9 Å².